The lowest BCUT2D eigenvalue weighted by Crippen LogP contribution is -2.46. The van der Waals surface area contributed by atoms with Gasteiger partial charge in [0, 0.05) is 5.92 Å². The molecule has 4 nitrogen and oxygen atoms in total. The molecule has 1 aromatic carbocycles. The lowest BCUT2D eigenvalue weighted by molar-refractivity contribution is -0.143. The number of carbonyl (C=O) groups is 2. The number of hydrogen-bond donors (Lipinski definition) is 2. The summed E-state index contributed by atoms with van der Waals surface area (Å²) in [5.74, 6) is -2.32. The Balaban J connectivity index is 2.69. The molecule has 2 N–H and O–H groups in total. The number of carbonyl (C=O) groups excluding carboxylic acids is 1. The Morgan fingerprint density at radius 3 is 2.43 bits per heavy atom. The van der Waals surface area contributed by atoms with Crippen LogP contribution in [0.4, 0.5) is 4.39 Å². The van der Waals surface area contributed by atoms with Crippen molar-refractivity contribution in [3.63, 3.8) is 0 Å². The first-order chi connectivity index (χ1) is 9.72. The van der Waals surface area contributed by atoms with E-state index in [0.29, 0.717) is 10.9 Å². The van der Waals surface area contributed by atoms with Crippen LogP contribution >= 0.6 is 15.9 Å². The zero-order valence-corrected chi connectivity index (χ0v) is 13.8. The molecule has 116 valence electrons. The zero-order chi connectivity index (χ0) is 16.2. The molecule has 0 heterocycles. The topological polar surface area (TPSA) is 66.4 Å². The van der Waals surface area contributed by atoms with E-state index in [4.69, 9.17) is 5.11 Å². The minimum atomic E-state index is -1.05. The van der Waals surface area contributed by atoms with Gasteiger partial charge in [0.05, 0.1) is 4.47 Å². The number of halogens is 2. The van der Waals surface area contributed by atoms with E-state index in [1.165, 1.54) is 6.07 Å². The number of aliphatic carboxylic acids is 1. The SMILES string of the molecule is CC(Cc1ccc(F)c(Br)c1)C(=O)N[C@H](C(=O)O)C(C)C. The summed E-state index contributed by atoms with van der Waals surface area (Å²) < 4.78 is 13.5. The third kappa shape index (κ3) is 5.12. The van der Waals surface area contributed by atoms with Crippen LogP contribution in [-0.4, -0.2) is 23.0 Å². The molecule has 0 fully saturated rings. The van der Waals surface area contributed by atoms with Gasteiger partial charge >= 0.3 is 5.97 Å². The van der Waals surface area contributed by atoms with Crippen molar-refractivity contribution in [2.45, 2.75) is 33.2 Å². The van der Waals surface area contributed by atoms with Crippen LogP contribution in [0.5, 0.6) is 0 Å². The van der Waals surface area contributed by atoms with Crippen LogP contribution in [0.25, 0.3) is 0 Å². The van der Waals surface area contributed by atoms with Gasteiger partial charge in [0.1, 0.15) is 11.9 Å². The molecule has 1 aromatic rings. The van der Waals surface area contributed by atoms with Crippen molar-refractivity contribution < 1.29 is 19.1 Å². The maximum absolute atomic E-state index is 13.2. The second-order valence-corrected chi connectivity index (χ2v) is 6.28. The predicted molar refractivity (Wildman–Crippen MR) is 81.4 cm³/mol. The van der Waals surface area contributed by atoms with Crippen molar-refractivity contribution in [2.75, 3.05) is 0 Å². The largest absolute Gasteiger partial charge is 0.480 e. The van der Waals surface area contributed by atoms with E-state index in [2.05, 4.69) is 21.2 Å². The van der Waals surface area contributed by atoms with Crippen LogP contribution in [-0.2, 0) is 16.0 Å². The quantitative estimate of drug-likeness (QED) is 0.820. The van der Waals surface area contributed by atoms with Gasteiger partial charge in [-0.15, -0.1) is 0 Å². The number of amides is 1. The lowest BCUT2D eigenvalue weighted by atomic mass is 9.98. The van der Waals surface area contributed by atoms with Gasteiger partial charge in [-0.1, -0.05) is 26.8 Å². The third-order valence-corrected chi connectivity index (χ3v) is 3.81. The smallest absolute Gasteiger partial charge is 0.326 e. The molecule has 1 unspecified atom stereocenters. The predicted octanol–water partition coefficient (Wildman–Crippen LogP) is 2.99. The number of benzene rings is 1. The highest BCUT2D eigenvalue weighted by Crippen LogP contribution is 2.19. The summed E-state index contributed by atoms with van der Waals surface area (Å²) >= 11 is 3.10. The van der Waals surface area contributed by atoms with Crippen LogP contribution in [0.3, 0.4) is 0 Å². The fourth-order valence-corrected chi connectivity index (χ4v) is 2.35. The fourth-order valence-electron chi connectivity index (χ4n) is 1.92. The molecule has 2 atom stereocenters. The minimum Gasteiger partial charge on any atom is -0.480 e. The molecule has 0 spiro atoms. The zero-order valence-electron chi connectivity index (χ0n) is 12.2. The van der Waals surface area contributed by atoms with Crippen molar-refractivity contribution in [3.8, 4) is 0 Å². The second kappa shape index (κ2) is 7.54. The summed E-state index contributed by atoms with van der Waals surface area (Å²) in [6, 6.07) is 3.66. The van der Waals surface area contributed by atoms with E-state index < -0.39 is 17.9 Å². The normalized spacial score (nSPS) is 13.8. The summed E-state index contributed by atoms with van der Waals surface area (Å²) in [5, 5.41) is 11.6. The second-order valence-electron chi connectivity index (χ2n) is 5.42. The Morgan fingerprint density at radius 1 is 1.33 bits per heavy atom. The molecule has 0 aromatic heterocycles. The summed E-state index contributed by atoms with van der Waals surface area (Å²) in [4.78, 5) is 23.1. The monoisotopic (exact) mass is 359 g/mol. The van der Waals surface area contributed by atoms with Gasteiger partial charge in [0.15, 0.2) is 0 Å². The molecule has 0 aliphatic rings. The van der Waals surface area contributed by atoms with Gasteiger partial charge in [0.25, 0.3) is 0 Å². The molecule has 6 heteroatoms. The standard InChI is InChI=1S/C15H19BrFNO3/c1-8(2)13(15(20)21)18-14(19)9(3)6-10-4-5-12(17)11(16)7-10/h4-5,7-9,13H,6H2,1-3H3,(H,18,19)(H,20,21)/t9?,13-/m0/s1. The van der Waals surface area contributed by atoms with Crippen molar-refractivity contribution in [1.29, 1.82) is 0 Å². The number of rotatable bonds is 6. The van der Waals surface area contributed by atoms with Gasteiger partial charge in [0.2, 0.25) is 5.91 Å². The average molecular weight is 360 g/mol. The number of hydrogen-bond acceptors (Lipinski definition) is 2. The maximum Gasteiger partial charge on any atom is 0.326 e. The molecule has 1 rings (SSSR count). The Kier molecular flexibility index (Phi) is 6.33. The summed E-state index contributed by atoms with van der Waals surface area (Å²) in [6.45, 7) is 5.19. The molecule has 0 aliphatic heterocycles. The Morgan fingerprint density at radius 2 is 1.95 bits per heavy atom. The molecular formula is C15H19BrFNO3. The van der Waals surface area contributed by atoms with E-state index in [9.17, 15) is 14.0 Å². The molecule has 0 aliphatic carbocycles. The highest BCUT2D eigenvalue weighted by Gasteiger charge is 2.25. The molecule has 21 heavy (non-hydrogen) atoms. The van der Waals surface area contributed by atoms with Gasteiger partial charge in [-0.2, -0.15) is 0 Å². The molecule has 1 amide bonds. The summed E-state index contributed by atoms with van der Waals surface area (Å²) in [6.07, 6.45) is 0.412. The van der Waals surface area contributed by atoms with Crippen molar-refractivity contribution >= 4 is 27.8 Å². The third-order valence-electron chi connectivity index (χ3n) is 3.20. The van der Waals surface area contributed by atoms with Crippen LogP contribution in [0, 0.1) is 17.7 Å². The van der Waals surface area contributed by atoms with Gasteiger partial charge < -0.3 is 10.4 Å². The molecule has 0 saturated heterocycles. The van der Waals surface area contributed by atoms with E-state index in [1.807, 2.05) is 0 Å². The Hall–Kier alpha value is -1.43. The van der Waals surface area contributed by atoms with E-state index in [0.717, 1.165) is 5.56 Å². The van der Waals surface area contributed by atoms with Crippen molar-refractivity contribution in [2.24, 2.45) is 11.8 Å². The van der Waals surface area contributed by atoms with E-state index in [1.54, 1.807) is 32.9 Å². The highest BCUT2D eigenvalue weighted by atomic mass is 79.9. The Labute approximate surface area is 131 Å². The maximum atomic E-state index is 13.2. The Bertz CT molecular complexity index is 534. The number of carboxylic acids is 1. The molecule has 0 bridgehead atoms. The summed E-state index contributed by atoms with van der Waals surface area (Å²) in [5.41, 5.74) is 0.808. The van der Waals surface area contributed by atoms with E-state index in [-0.39, 0.29) is 17.6 Å². The molecular weight excluding hydrogens is 341 g/mol. The van der Waals surface area contributed by atoms with Crippen molar-refractivity contribution in [1.82, 2.24) is 5.32 Å². The highest BCUT2D eigenvalue weighted by molar-refractivity contribution is 9.10. The fraction of sp³-hybridized carbons (Fsp3) is 0.467. The first-order valence-corrected chi connectivity index (χ1v) is 7.48. The van der Waals surface area contributed by atoms with Gasteiger partial charge in [-0.25, -0.2) is 9.18 Å². The lowest BCUT2D eigenvalue weighted by Gasteiger charge is -2.20. The first-order valence-electron chi connectivity index (χ1n) is 6.69. The van der Waals surface area contributed by atoms with E-state index >= 15 is 0 Å². The van der Waals surface area contributed by atoms with Crippen LogP contribution in [0.15, 0.2) is 22.7 Å². The minimum absolute atomic E-state index is 0.196. The van der Waals surface area contributed by atoms with Gasteiger partial charge in [-0.3, -0.25) is 4.79 Å². The average Bonchev–Trinajstić information content (AvgIpc) is 2.39. The van der Waals surface area contributed by atoms with Crippen LogP contribution < -0.4 is 5.32 Å². The van der Waals surface area contributed by atoms with Crippen LogP contribution in [0.2, 0.25) is 0 Å². The first kappa shape index (κ1) is 17.6. The molecule has 0 radical (unpaired) electrons. The van der Waals surface area contributed by atoms with Gasteiger partial charge in [-0.05, 0) is 46.0 Å². The molecule has 0 saturated carbocycles. The summed E-state index contributed by atoms with van der Waals surface area (Å²) in [7, 11) is 0. The number of carboxylic acid groups (broad SMARTS) is 1. The van der Waals surface area contributed by atoms with Crippen molar-refractivity contribution in [3.05, 3.63) is 34.1 Å². The number of nitrogens with one attached hydrogen (secondary N) is 1. The van der Waals surface area contributed by atoms with Crippen LogP contribution in [0.1, 0.15) is 26.3 Å².